The van der Waals surface area contributed by atoms with Gasteiger partial charge < -0.3 is 10.2 Å². The van der Waals surface area contributed by atoms with Gasteiger partial charge in [0.15, 0.2) is 0 Å². The second-order valence-corrected chi connectivity index (χ2v) is 13.4. The van der Waals surface area contributed by atoms with E-state index in [9.17, 15) is 17.6 Å². The molecule has 1 amide bonds. The van der Waals surface area contributed by atoms with Crippen LogP contribution < -0.4 is 9.62 Å². The Bertz CT molecular complexity index is 1490. The summed E-state index contributed by atoms with van der Waals surface area (Å²) in [4.78, 5) is 15.8. The number of amides is 1. The first kappa shape index (κ1) is 28.9. The van der Waals surface area contributed by atoms with E-state index in [-0.39, 0.29) is 45.2 Å². The molecule has 2 unspecified atom stereocenters. The fourth-order valence-corrected chi connectivity index (χ4v) is 8.17. The molecule has 212 valence electrons. The van der Waals surface area contributed by atoms with Crippen LogP contribution in [0.4, 0.5) is 10.1 Å². The molecule has 5 rings (SSSR count). The molecule has 0 saturated heterocycles. The average Bonchev–Trinajstić information content (AvgIpc) is 3.33. The quantitative estimate of drug-likeness (QED) is 0.347. The number of para-hydroxylation sites is 1. The molecule has 6 nitrogen and oxygen atoms in total. The topological polar surface area (TPSA) is 69.7 Å². The van der Waals surface area contributed by atoms with Crippen LogP contribution in [0.15, 0.2) is 71.6 Å². The molecular formula is C30H32Cl2FN3O3S. The van der Waals surface area contributed by atoms with Crippen LogP contribution in [0.5, 0.6) is 0 Å². The van der Waals surface area contributed by atoms with Crippen molar-refractivity contribution >= 4 is 44.8 Å². The molecule has 10 heteroatoms. The van der Waals surface area contributed by atoms with E-state index in [1.165, 1.54) is 34.6 Å². The third-order valence-corrected chi connectivity index (χ3v) is 10.6. The molecule has 40 heavy (non-hydrogen) atoms. The van der Waals surface area contributed by atoms with E-state index in [2.05, 4.69) is 10.2 Å². The Hall–Kier alpha value is -2.65. The number of rotatable bonds is 7. The average molecular weight is 605 g/mol. The maximum Gasteiger partial charge on any atom is 0.265 e. The van der Waals surface area contributed by atoms with Gasteiger partial charge in [-0.05, 0) is 93.2 Å². The van der Waals surface area contributed by atoms with Crippen LogP contribution in [0.1, 0.15) is 42.9 Å². The van der Waals surface area contributed by atoms with Gasteiger partial charge in [0.05, 0.1) is 20.6 Å². The number of anilines is 1. The maximum absolute atomic E-state index is 13.8. The lowest BCUT2D eigenvalue weighted by molar-refractivity contribution is -0.123. The second kappa shape index (κ2) is 11.7. The fourth-order valence-electron chi connectivity index (χ4n) is 6.13. The summed E-state index contributed by atoms with van der Waals surface area (Å²) in [5.74, 6) is -0.209. The predicted molar refractivity (Wildman–Crippen MR) is 157 cm³/mol. The number of hydrogen-bond acceptors (Lipinski definition) is 4. The normalized spacial score (nSPS) is 21.8. The van der Waals surface area contributed by atoms with E-state index in [0.29, 0.717) is 11.6 Å². The molecule has 2 aliphatic rings. The molecule has 1 aliphatic carbocycles. The zero-order chi connectivity index (χ0) is 28.6. The minimum Gasteiger partial charge on any atom is -0.352 e. The summed E-state index contributed by atoms with van der Waals surface area (Å²) in [5, 5.41) is 3.53. The maximum atomic E-state index is 13.8. The number of hydrogen-bond donors (Lipinski definition) is 1. The zero-order valence-electron chi connectivity index (χ0n) is 22.4. The van der Waals surface area contributed by atoms with Gasteiger partial charge in [0, 0.05) is 18.5 Å². The summed E-state index contributed by atoms with van der Waals surface area (Å²) in [5.41, 5.74) is 2.36. The zero-order valence-corrected chi connectivity index (χ0v) is 24.7. The lowest BCUT2D eigenvalue weighted by Gasteiger charge is -2.38. The number of benzene rings is 3. The molecule has 3 aromatic rings. The van der Waals surface area contributed by atoms with Gasteiger partial charge in [-0.2, -0.15) is 0 Å². The highest BCUT2D eigenvalue weighted by Crippen LogP contribution is 2.40. The monoisotopic (exact) mass is 603 g/mol. The molecular weight excluding hydrogens is 572 g/mol. The highest BCUT2D eigenvalue weighted by molar-refractivity contribution is 7.93. The summed E-state index contributed by atoms with van der Waals surface area (Å²) in [6, 6.07) is 17.2. The van der Waals surface area contributed by atoms with Gasteiger partial charge >= 0.3 is 0 Å². The molecule has 1 fully saturated rings. The third kappa shape index (κ3) is 5.73. The molecule has 0 spiro atoms. The lowest BCUT2D eigenvalue weighted by atomic mass is 9.78. The second-order valence-electron chi connectivity index (χ2n) is 10.8. The highest BCUT2D eigenvalue weighted by atomic mass is 35.5. The third-order valence-electron chi connectivity index (χ3n) is 8.01. The minimum atomic E-state index is -4.09. The Morgan fingerprint density at radius 2 is 1.65 bits per heavy atom. The van der Waals surface area contributed by atoms with Crippen molar-refractivity contribution in [2.24, 2.45) is 5.92 Å². The SMILES string of the molecule is CN(C)C(c1ccc(F)cc1)C1CCC(NC(=O)C2Cc3ccccc3N2S(=O)(=O)c2ccc(Cl)c(Cl)c2)CC1. The van der Waals surface area contributed by atoms with Crippen molar-refractivity contribution < 1.29 is 17.6 Å². The van der Waals surface area contributed by atoms with Crippen LogP contribution in [-0.2, 0) is 21.2 Å². The number of carbonyl (C=O) groups is 1. The van der Waals surface area contributed by atoms with E-state index < -0.39 is 16.1 Å². The molecule has 3 aromatic carbocycles. The van der Waals surface area contributed by atoms with Crippen LogP contribution in [-0.4, -0.2) is 45.4 Å². The summed E-state index contributed by atoms with van der Waals surface area (Å²) in [6.45, 7) is 0. The first-order valence-electron chi connectivity index (χ1n) is 13.4. The van der Waals surface area contributed by atoms with Crippen molar-refractivity contribution in [1.82, 2.24) is 10.2 Å². The van der Waals surface area contributed by atoms with Crippen LogP contribution in [0.25, 0.3) is 0 Å². The Kier molecular flexibility index (Phi) is 8.43. The van der Waals surface area contributed by atoms with Crippen LogP contribution in [0.3, 0.4) is 0 Å². The van der Waals surface area contributed by atoms with Crippen molar-refractivity contribution in [3.05, 3.63) is 93.7 Å². The van der Waals surface area contributed by atoms with E-state index in [1.807, 2.05) is 38.4 Å². The number of carbonyl (C=O) groups excluding carboxylic acids is 1. The summed E-state index contributed by atoms with van der Waals surface area (Å²) in [6.07, 6.45) is 3.62. The molecule has 1 heterocycles. The fraction of sp³-hybridized carbons (Fsp3) is 0.367. The summed E-state index contributed by atoms with van der Waals surface area (Å²) < 4.78 is 42.4. The molecule has 1 N–H and O–H groups in total. The number of nitrogens with zero attached hydrogens (tertiary/aromatic N) is 2. The van der Waals surface area contributed by atoms with E-state index >= 15 is 0 Å². The molecule has 1 saturated carbocycles. The van der Waals surface area contributed by atoms with Gasteiger partial charge in [-0.1, -0.05) is 53.5 Å². The van der Waals surface area contributed by atoms with Gasteiger partial charge in [-0.15, -0.1) is 0 Å². The van der Waals surface area contributed by atoms with E-state index in [4.69, 9.17) is 23.2 Å². The highest BCUT2D eigenvalue weighted by Gasteiger charge is 2.43. The largest absolute Gasteiger partial charge is 0.352 e. The molecule has 0 bridgehead atoms. The van der Waals surface area contributed by atoms with Crippen molar-refractivity contribution in [3.8, 4) is 0 Å². The Balaban J connectivity index is 1.31. The molecule has 2 atom stereocenters. The first-order valence-corrected chi connectivity index (χ1v) is 15.6. The van der Waals surface area contributed by atoms with Crippen LogP contribution in [0, 0.1) is 11.7 Å². The minimum absolute atomic E-state index is 0.0209. The van der Waals surface area contributed by atoms with E-state index in [0.717, 1.165) is 36.8 Å². The molecule has 0 aromatic heterocycles. The summed E-state index contributed by atoms with van der Waals surface area (Å²) in [7, 11) is -0.0318. The lowest BCUT2D eigenvalue weighted by Crippen LogP contribution is -2.51. The molecule has 1 aliphatic heterocycles. The predicted octanol–water partition coefficient (Wildman–Crippen LogP) is 6.23. The number of nitrogens with one attached hydrogen (secondary N) is 1. The van der Waals surface area contributed by atoms with Gasteiger partial charge in [0.25, 0.3) is 10.0 Å². The smallest absolute Gasteiger partial charge is 0.265 e. The Labute approximate surface area is 245 Å². The van der Waals surface area contributed by atoms with Gasteiger partial charge in [-0.3, -0.25) is 9.10 Å². The van der Waals surface area contributed by atoms with Gasteiger partial charge in [-0.25, -0.2) is 12.8 Å². The molecule has 0 radical (unpaired) electrons. The van der Waals surface area contributed by atoms with Crippen molar-refractivity contribution in [2.45, 2.75) is 55.1 Å². The van der Waals surface area contributed by atoms with Gasteiger partial charge in [0.1, 0.15) is 11.9 Å². The van der Waals surface area contributed by atoms with Crippen molar-refractivity contribution in [3.63, 3.8) is 0 Å². The van der Waals surface area contributed by atoms with Crippen molar-refractivity contribution in [1.29, 1.82) is 0 Å². The van der Waals surface area contributed by atoms with Crippen LogP contribution >= 0.6 is 23.2 Å². The number of sulfonamides is 1. The van der Waals surface area contributed by atoms with E-state index in [1.54, 1.807) is 12.1 Å². The van der Waals surface area contributed by atoms with Crippen LogP contribution in [0.2, 0.25) is 10.0 Å². The van der Waals surface area contributed by atoms with Gasteiger partial charge in [0.2, 0.25) is 5.91 Å². The Morgan fingerprint density at radius 3 is 2.30 bits per heavy atom. The van der Waals surface area contributed by atoms with Crippen molar-refractivity contribution in [2.75, 3.05) is 18.4 Å². The standard InChI is InChI=1S/C30H32Cl2FN3O3S/c1-35(2)29(19-7-11-22(33)12-8-19)20-9-13-23(14-10-20)34-30(37)28-17-21-5-3-4-6-27(21)36(28)40(38,39)24-15-16-25(31)26(32)18-24/h3-8,11-12,15-16,18,20,23,28-29H,9-10,13-14,17H2,1-2H3,(H,34,37). The summed E-state index contributed by atoms with van der Waals surface area (Å²) >= 11 is 12.2. The number of halogens is 3. The Morgan fingerprint density at radius 1 is 0.975 bits per heavy atom. The number of fused-ring (bicyclic) bond motifs is 1. The first-order chi connectivity index (χ1) is 19.1.